The van der Waals surface area contributed by atoms with Crippen LogP contribution >= 0.6 is 11.6 Å². The molecule has 0 saturated heterocycles. The molecule has 10 nitrogen and oxygen atoms in total. The zero-order chi connectivity index (χ0) is 25.8. The molecule has 0 atom stereocenters. The fourth-order valence-corrected chi connectivity index (χ4v) is 6.23. The van der Waals surface area contributed by atoms with E-state index in [1.807, 2.05) is 0 Å². The van der Waals surface area contributed by atoms with Crippen LogP contribution in [-0.2, 0) is 7.05 Å². The highest BCUT2D eigenvalue weighted by atomic mass is 35.5. The molecule has 6 rings (SSSR count). The van der Waals surface area contributed by atoms with Crippen LogP contribution < -0.4 is 10.4 Å². The van der Waals surface area contributed by atoms with Crippen LogP contribution in [0, 0.1) is 28.9 Å². The molecular formula is C26H27ClN6O4. The molecule has 37 heavy (non-hydrogen) atoms. The first-order chi connectivity index (χ1) is 17.8. The predicted molar refractivity (Wildman–Crippen MR) is 139 cm³/mol. The van der Waals surface area contributed by atoms with Crippen molar-refractivity contribution in [1.29, 1.82) is 0 Å². The molecule has 192 valence electrons. The van der Waals surface area contributed by atoms with Crippen LogP contribution in [0.2, 0.25) is 5.28 Å². The van der Waals surface area contributed by atoms with Gasteiger partial charge in [0.2, 0.25) is 5.28 Å². The molecule has 2 saturated carbocycles. The Kier molecular flexibility index (Phi) is 5.86. The molecule has 2 aliphatic rings. The summed E-state index contributed by atoms with van der Waals surface area (Å²) in [5.74, 6) is 1.82. The van der Waals surface area contributed by atoms with Gasteiger partial charge in [0.1, 0.15) is 11.3 Å². The van der Waals surface area contributed by atoms with Crippen LogP contribution in [0.5, 0.6) is 5.75 Å². The number of fused-ring (bicyclic) bond motifs is 2. The number of pyridine rings is 1. The second-order valence-corrected chi connectivity index (χ2v) is 10.7. The minimum Gasteiger partial charge on any atom is -0.490 e. The Morgan fingerprint density at radius 2 is 1.89 bits per heavy atom. The van der Waals surface area contributed by atoms with Crippen molar-refractivity contribution in [2.45, 2.75) is 57.6 Å². The van der Waals surface area contributed by atoms with E-state index in [9.17, 15) is 14.9 Å². The SMILES string of the molecule is Cc1cc2nccc(OC3CC(C4CCC(n5c(=O)n(C)c6cnc(Cl)nc65)CC4)C3)c2cc1[N+](=O)[O-]. The quantitative estimate of drug-likeness (QED) is 0.202. The number of hydrogen-bond donors (Lipinski definition) is 0. The van der Waals surface area contributed by atoms with Crippen LogP contribution in [0.3, 0.4) is 0 Å². The van der Waals surface area contributed by atoms with Gasteiger partial charge in [0.05, 0.1) is 22.7 Å². The summed E-state index contributed by atoms with van der Waals surface area (Å²) < 4.78 is 9.67. The molecule has 3 heterocycles. The summed E-state index contributed by atoms with van der Waals surface area (Å²) in [6.07, 6.45) is 9.25. The lowest BCUT2D eigenvalue weighted by molar-refractivity contribution is -0.385. The number of benzene rings is 1. The largest absolute Gasteiger partial charge is 0.490 e. The number of nitro groups is 1. The van der Waals surface area contributed by atoms with Gasteiger partial charge in [-0.15, -0.1) is 0 Å². The van der Waals surface area contributed by atoms with Gasteiger partial charge in [-0.1, -0.05) is 0 Å². The van der Waals surface area contributed by atoms with Crippen molar-refractivity contribution in [3.05, 3.63) is 62.0 Å². The van der Waals surface area contributed by atoms with E-state index in [1.165, 1.54) is 0 Å². The van der Waals surface area contributed by atoms with E-state index in [1.54, 1.807) is 53.7 Å². The number of halogens is 1. The number of aromatic nitrogens is 5. The van der Waals surface area contributed by atoms with E-state index in [0.717, 1.165) is 38.5 Å². The van der Waals surface area contributed by atoms with Gasteiger partial charge in [0, 0.05) is 36.3 Å². The van der Waals surface area contributed by atoms with Crippen LogP contribution in [0.15, 0.2) is 35.4 Å². The Labute approximate surface area is 217 Å². The van der Waals surface area contributed by atoms with Gasteiger partial charge in [-0.25, -0.2) is 9.78 Å². The zero-order valence-corrected chi connectivity index (χ0v) is 21.4. The van der Waals surface area contributed by atoms with E-state index in [-0.39, 0.29) is 33.7 Å². The molecule has 0 N–H and O–H groups in total. The average molecular weight is 523 g/mol. The van der Waals surface area contributed by atoms with Crippen LogP contribution in [0.4, 0.5) is 5.69 Å². The second kappa shape index (κ2) is 9.09. The maximum atomic E-state index is 12.9. The molecule has 3 aromatic heterocycles. The topological polar surface area (TPSA) is 118 Å². The molecule has 0 unspecified atom stereocenters. The van der Waals surface area contributed by atoms with Crippen molar-refractivity contribution in [2.24, 2.45) is 18.9 Å². The van der Waals surface area contributed by atoms with Crippen molar-refractivity contribution >= 4 is 39.4 Å². The normalized spacial score (nSPS) is 23.8. The van der Waals surface area contributed by atoms with E-state index >= 15 is 0 Å². The molecule has 0 bridgehead atoms. The van der Waals surface area contributed by atoms with Gasteiger partial charge in [0.25, 0.3) is 5.69 Å². The smallest absolute Gasteiger partial charge is 0.330 e. The van der Waals surface area contributed by atoms with E-state index < -0.39 is 0 Å². The number of aryl methyl sites for hydroxylation is 2. The predicted octanol–water partition coefficient (Wildman–Crippen LogP) is 5.14. The third-order valence-corrected chi connectivity index (χ3v) is 8.40. The lowest BCUT2D eigenvalue weighted by Crippen LogP contribution is -2.40. The molecule has 1 aromatic carbocycles. The third kappa shape index (κ3) is 4.13. The zero-order valence-electron chi connectivity index (χ0n) is 20.6. The van der Waals surface area contributed by atoms with Gasteiger partial charge in [-0.3, -0.25) is 24.2 Å². The highest BCUT2D eigenvalue weighted by Crippen LogP contribution is 2.45. The summed E-state index contributed by atoms with van der Waals surface area (Å²) in [4.78, 5) is 36.7. The first-order valence-corrected chi connectivity index (χ1v) is 13.0. The second-order valence-electron chi connectivity index (χ2n) is 10.3. The highest BCUT2D eigenvalue weighted by molar-refractivity contribution is 6.28. The minimum absolute atomic E-state index is 0.0765. The Bertz CT molecular complexity index is 1580. The summed E-state index contributed by atoms with van der Waals surface area (Å²) in [7, 11) is 1.74. The third-order valence-electron chi connectivity index (χ3n) is 8.22. The number of ether oxygens (including phenoxy) is 1. The monoisotopic (exact) mass is 522 g/mol. The van der Waals surface area contributed by atoms with Crippen molar-refractivity contribution in [1.82, 2.24) is 24.1 Å². The molecule has 0 spiro atoms. The molecular weight excluding hydrogens is 496 g/mol. The van der Waals surface area contributed by atoms with Gasteiger partial charge in [-0.05, 0) is 81.0 Å². The summed E-state index contributed by atoms with van der Waals surface area (Å²) in [6.45, 7) is 1.72. The van der Waals surface area contributed by atoms with Gasteiger partial charge in [0.15, 0.2) is 5.65 Å². The maximum Gasteiger partial charge on any atom is 0.330 e. The lowest BCUT2D eigenvalue weighted by atomic mass is 9.68. The van der Waals surface area contributed by atoms with Gasteiger partial charge < -0.3 is 4.74 Å². The van der Waals surface area contributed by atoms with Gasteiger partial charge in [-0.2, -0.15) is 4.98 Å². The number of rotatable bonds is 5. The fraction of sp³-hybridized carbons (Fsp3) is 0.462. The summed E-state index contributed by atoms with van der Waals surface area (Å²) in [6, 6.07) is 5.20. The van der Waals surface area contributed by atoms with Crippen molar-refractivity contribution < 1.29 is 9.66 Å². The van der Waals surface area contributed by atoms with Crippen molar-refractivity contribution in [3.63, 3.8) is 0 Å². The van der Waals surface area contributed by atoms with Crippen molar-refractivity contribution in [2.75, 3.05) is 0 Å². The number of imidazole rings is 1. The molecule has 11 heteroatoms. The lowest BCUT2D eigenvalue weighted by Gasteiger charge is -2.43. The molecule has 2 fully saturated rings. The van der Waals surface area contributed by atoms with E-state index in [2.05, 4.69) is 15.0 Å². The standard InChI is InChI=1S/C26H27ClN6O4/c1-14-9-20-19(12-21(14)33(35)36)23(7-8-28-20)37-18-10-16(11-18)15-3-5-17(6-4-15)32-24-22(31(2)26(32)34)13-29-25(27)30-24/h7-9,12-13,15-18H,3-6,10-11H2,1-2H3. The van der Waals surface area contributed by atoms with Crippen LogP contribution in [0.1, 0.15) is 50.1 Å². The summed E-state index contributed by atoms with van der Waals surface area (Å²) >= 11 is 6.02. The van der Waals surface area contributed by atoms with Crippen LogP contribution in [-0.4, -0.2) is 35.1 Å². The number of nitro benzene ring substituents is 1. The molecule has 0 amide bonds. The van der Waals surface area contributed by atoms with Crippen molar-refractivity contribution in [3.8, 4) is 5.75 Å². The Hall–Kier alpha value is -3.53. The van der Waals surface area contributed by atoms with Gasteiger partial charge >= 0.3 is 5.69 Å². The summed E-state index contributed by atoms with van der Waals surface area (Å²) in [5, 5.41) is 12.2. The minimum atomic E-state index is -0.366. The Morgan fingerprint density at radius 3 is 2.62 bits per heavy atom. The first kappa shape index (κ1) is 23.8. The highest BCUT2D eigenvalue weighted by Gasteiger charge is 2.39. The number of nitrogens with zero attached hydrogens (tertiary/aromatic N) is 6. The molecule has 0 radical (unpaired) electrons. The molecule has 2 aliphatic carbocycles. The fourth-order valence-electron chi connectivity index (χ4n) is 6.10. The molecule has 0 aliphatic heterocycles. The molecule has 4 aromatic rings. The first-order valence-electron chi connectivity index (χ1n) is 12.6. The van der Waals surface area contributed by atoms with Crippen LogP contribution in [0.25, 0.3) is 22.1 Å². The average Bonchev–Trinajstić information content (AvgIpc) is 3.09. The Morgan fingerprint density at radius 1 is 1.14 bits per heavy atom. The maximum absolute atomic E-state index is 12.9. The Balaban J connectivity index is 1.11. The number of hydrogen-bond acceptors (Lipinski definition) is 7. The van der Waals surface area contributed by atoms with E-state index in [0.29, 0.717) is 45.2 Å². The summed E-state index contributed by atoms with van der Waals surface area (Å²) in [5.41, 5.74) is 2.58. The van der Waals surface area contributed by atoms with E-state index in [4.69, 9.17) is 16.3 Å².